The number of hydrogen-bond donors (Lipinski definition) is 1. The van der Waals surface area contributed by atoms with Gasteiger partial charge in [0.25, 0.3) is 6.43 Å². The zero-order valence-corrected chi connectivity index (χ0v) is 7.76. The van der Waals surface area contributed by atoms with E-state index < -0.39 is 35.1 Å². The number of carbonyl (C=O) groups is 1. The van der Waals surface area contributed by atoms with Crippen molar-refractivity contribution >= 4 is 11.8 Å². The normalized spacial score (nSPS) is 10.4. The molecule has 0 fully saturated rings. The Morgan fingerprint density at radius 3 is 2.69 bits per heavy atom. The minimum Gasteiger partial charge on any atom is -0.481 e. The average molecular weight is 232 g/mol. The van der Waals surface area contributed by atoms with Crippen LogP contribution in [-0.4, -0.2) is 21.0 Å². The summed E-state index contributed by atoms with van der Waals surface area (Å²) in [6.07, 6.45) is -2.68. The second kappa shape index (κ2) is 4.60. The molecule has 1 heterocycles. The summed E-state index contributed by atoms with van der Waals surface area (Å²) in [5.41, 5.74) is -0.878. The number of halogens is 2. The summed E-state index contributed by atoms with van der Waals surface area (Å²) in [6.45, 7) is 0. The van der Waals surface area contributed by atoms with E-state index in [-0.39, 0.29) is 5.56 Å². The summed E-state index contributed by atoms with van der Waals surface area (Å²) in [6, 6.07) is 0.782. The fourth-order valence-corrected chi connectivity index (χ4v) is 1.10. The van der Waals surface area contributed by atoms with Gasteiger partial charge in [0.15, 0.2) is 0 Å². The highest BCUT2D eigenvalue weighted by Crippen LogP contribution is 2.27. The Labute approximate surface area is 87.7 Å². The summed E-state index contributed by atoms with van der Waals surface area (Å²) in [5, 5.41) is 18.8. The molecule has 0 spiro atoms. The van der Waals surface area contributed by atoms with Crippen molar-refractivity contribution in [2.45, 2.75) is 12.8 Å². The summed E-state index contributed by atoms with van der Waals surface area (Å²) < 4.78 is 24.8. The topological polar surface area (TPSA) is 93.3 Å². The quantitative estimate of drug-likeness (QED) is 0.627. The van der Waals surface area contributed by atoms with E-state index in [2.05, 4.69) is 4.98 Å². The van der Waals surface area contributed by atoms with Gasteiger partial charge in [0, 0.05) is 5.56 Å². The summed E-state index contributed by atoms with van der Waals surface area (Å²) in [4.78, 5) is 22.8. The van der Waals surface area contributed by atoms with Crippen molar-refractivity contribution in [2.24, 2.45) is 0 Å². The first-order valence-electron chi connectivity index (χ1n) is 4.05. The maximum absolute atomic E-state index is 12.4. The number of nitrogens with zero attached hydrogens (tertiary/aromatic N) is 2. The summed E-state index contributed by atoms with van der Waals surface area (Å²) >= 11 is 0. The molecule has 1 N–H and O–H groups in total. The smallest absolute Gasteiger partial charge is 0.372 e. The second-order valence-electron chi connectivity index (χ2n) is 2.88. The molecule has 0 saturated heterocycles. The number of hydrogen-bond acceptors (Lipinski definition) is 4. The second-order valence-corrected chi connectivity index (χ2v) is 2.88. The van der Waals surface area contributed by atoms with Crippen LogP contribution in [0.4, 0.5) is 14.6 Å². The van der Waals surface area contributed by atoms with Crippen molar-refractivity contribution in [2.75, 3.05) is 0 Å². The molecule has 0 bridgehead atoms. The van der Waals surface area contributed by atoms with Gasteiger partial charge in [-0.05, 0) is 16.0 Å². The van der Waals surface area contributed by atoms with Crippen molar-refractivity contribution in [1.29, 1.82) is 0 Å². The maximum Gasteiger partial charge on any atom is 0.372 e. The number of alkyl halides is 2. The standard InChI is InChI=1S/C8H6F2N2O4/c9-7(10)5-1-4(2-6(13)14)3-11-8(5)12(15)16/h1,3,7H,2H2,(H,13,14). The molecule has 0 aromatic carbocycles. The Morgan fingerprint density at radius 1 is 1.62 bits per heavy atom. The van der Waals surface area contributed by atoms with Crippen LogP contribution in [0.15, 0.2) is 12.3 Å². The zero-order valence-electron chi connectivity index (χ0n) is 7.76. The van der Waals surface area contributed by atoms with Gasteiger partial charge in [-0.1, -0.05) is 0 Å². The van der Waals surface area contributed by atoms with Crippen LogP contribution >= 0.6 is 0 Å². The molecule has 86 valence electrons. The van der Waals surface area contributed by atoms with E-state index >= 15 is 0 Å². The first-order valence-corrected chi connectivity index (χ1v) is 4.05. The summed E-state index contributed by atoms with van der Waals surface area (Å²) in [5.74, 6) is -2.18. The lowest BCUT2D eigenvalue weighted by Gasteiger charge is -2.02. The van der Waals surface area contributed by atoms with Crippen LogP contribution in [0.25, 0.3) is 0 Å². The fourth-order valence-electron chi connectivity index (χ4n) is 1.10. The Hall–Kier alpha value is -2.12. The van der Waals surface area contributed by atoms with E-state index in [0.29, 0.717) is 0 Å². The lowest BCUT2D eigenvalue weighted by Crippen LogP contribution is -2.04. The molecule has 0 radical (unpaired) electrons. The molecule has 0 aliphatic rings. The highest BCUT2D eigenvalue weighted by atomic mass is 19.3. The first kappa shape index (κ1) is 12.0. The SMILES string of the molecule is O=C(O)Cc1cnc([N+](=O)[O-])c(C(F)F)c1. The molecule has 0 amide bonds. The molecule has 16 heavy (non-hydrogen) atoms. The lowest BCUT2D eigenvalue weighted by molar-refractivity contribution is -0.391. The van der Waals surface area contributed by atoms with Crippen molar-refractivity contribution < 1.29 is 23.6 Å². The predicted molar refractivity (Wildman–Crippen MR) is 47.2 cm³/mol. The van der Waals surface area contributed by atoms with E-state index in [1.807, 2.05) is 0 Å². The van der Waals surface area contributed by atoms with Gasteiger partial charge in [0.2, 0.25) is 0 Å². The number of rotatable bonds is 4. The van der Waals surface area contributed by atoms with Crippen LogP contribution in [0.5, 0.6) is 0 Å². The average Bonchev–Trinajstić information content (AvgIpc) is 2.16. The monoisotopic (exact) mass is 232 g/mol. The molecule has 8 heteroatoms. The van der Waals surface area contributed by atoms with Crippen molar-refractivity contribution in [3.8, 4) is 0 Å². The third-order valence-electron chi connectivity index (χ3n) is 1.72. The zero-order chi connectivity index (χ0) is 12.3. The number of carboxylic acid groups (broad SMARTS) is 1. The third kappa shape index (κ3) is 2.69. The Balaban J connectivity index is 3.17. The number of carboxylic acids is 1. The van der Waals surface area contributed by atoms with Gasteiger partial charge >= 0.3 is 11.8 Å². The Morgan fingerprint density at radius 2 is 2.25 bits per heavy atom. The van der Waals surface area contributed by atoms with Crippen LogP contribution in [0.1, 0.15) is 17.6 Å². The summed E-state index contributed by atoms with van der Waals surface area (Å²) in [7, 11) is 0. The molecule has 0 aliphatic heterocycles. The molecule has 0 atom stereocenters. The van der Waals surface area contributed by atoms with E-state index in [1.165, 1.54) is 0 Å². The van der Waals surface area contributed by atoms with E-state index in [9.17, 15) is 23.7 Å². The van der Waals surface area contributed by atoms with Crippen molar-refractivity contribution in [3.05, 3.63) is 33.5 Å². The minimum absolute atomic E-state index is 0.00611. The number of pyridine rings is 1. The first-order chi connectivity index (χ1) is 7.41. The minimum atomic E-state index is -3.07. The highest BCUT2D eigenvalue weighted by Gasteiger charge is 2.24. The molecule has 0 saturated carbocycles. The molecular formula is C8H6F2N2O4. The Kier molecular flexibility index (Phi) is 3.44. The van der Waals surface area contributed by atoms with Crippen molar-refractivity contribution in [1.82, 2.24) is 4.98 Å². The predicted octanol–water partition coefficient (Wildman–Crippen LogP) is 1.55. The van der Waals surface area contributed by atoms with E-state index in [1.54, 1.807) is 0 Å². The van der Waals surface area contributed by atoms with Gasteiger partial charge in [-0.3, -0.25) is 4.79 Å². The van der Waals surface area contributed by atoms with Gasteiger partial charge < -0.3 is 15.2 Å². The molecule has 1 aromatic rings. The van der Waals surface area contributed by atoms with E-state index in [4.69, 9.17) is 5.11 Å². The van der Waals surface area contributed by atoms with Crippen molar-refractivity contribution in [3.63, 3.8) is 0 Å². The van der Waals surface area contributed by atoms with Crippen LogP contribution in [-0.2, 0) is 11.2 Å². The van der Waals surface area contributed by atoms with Gasteiger partial charge in [-0.2, -0.15) is 0 Å². The number of aliphatic carboxylic acids is 1. The molecule has 0 aliphatic carbocycles. The molecule has 0 unspecified atom stereocenters. The lowest BCUT2D eigenvalue weighted by atomic mass is 10.1. The number of aromatic nitrogens is 1. The van der Waals surface area contributed by atoms with Crippen LogP contribution in [0, 0.1) is 10.1 Å². The van der Waals surface area contributed by atoms with Crippen LogP contribution in [0.3, 0.4) is 0 Å². The molecule has 1 aromatic heterocycles. The molecule has 6 nitrogen and oxygen atoms in total. The third-order valence-corrected chi connectivity index (χ3v) is 1.72. The maximum atomic E-state index is 12.4. The van der Waals surface area contributed by atoms with Gasteiger partial charge in [-0.15, -0.1) is 0 Å². The van der Waals surface area contributed by atoms with Gasteiger partial charge in [0.1, 0.15) is 11.8 Å². The largest absolute Gasteiger partial charge is 0.481 e. The van der Waals surface area contributed by atoms with Crippen LogP contribution < -0.4 is 0 Å². The van der Waals surface area contributed by atoms with Gasteiger partial charge in [-0.25, -0.2) is 8.78 Å². The van der Waals surface area contributed by atoms with E-state index in [0.717, 1.165) is 12.3 Å². The molecular weight excluding hydrogens is 226 g/mol. The highest BCUT2D eigenvalue weighted by molar-refractivity contribution is 5.70. The van der Waals surface area contributed by atoms with Crippen LogP contribution in [0.2, 0.25) is 0 Å². The number of nitro groups is 1. The molecule has 1 rings (SSSR count). The van der Waals surface area contributed by atoms with Gasteiger partial charge in [0.05, 0.1) is 6.42 Å². The fraction of sp³-hybridized carbons (Fsp3) is 0.250. The Bertz CT molecular complexity index is 436.